The molecule has 0 radical (unpaired) electrons. The number of rotatable bonds is 5. The van der Waals surface area contributed by atoms with Crippen LogP contribution in [0.5, 0.6) is 5.75 Å². The number of halogens is 3. The summed E-state index contributed by atoms with van der Waals surface area (Å²) >= 11 is 11.4. The minimum Gasteiger partial charge on any atom is -0.433 e. The predicted molar refractivity (Wildman–Crippen MR) is 93.7 cm³/mol. The predicted octanol–water partition coefficient (Wildman–Crippen LogP) is 3.81. The van der Waals surface area contributed by atoms with Gasteiger partial charge in [0.05, 0.1) is 29.1 Å². The number of ether oxygens (including phenoxy) is 1. The number of hydrogen-bond donors (Lipinski definition) is 1. The van der Waals surface area contributed by atoms with Crippen LogP contribution in [0.15, 0.2) is 24.4 Å². The van der Waals surface area contributed by atoms with Gasteiger partial charge < -0.3 is 15.0 Å². The van der Waals surface area contributed by atoms with E-state index in [1.165, 1.54) is 6.07 Å². The number of hydrogen-bond acceptors (Lipinski definition) is 3. The van der Waals surface area contributed by atoms with E-state index in [9.17, 15) is 8.78 Å². The molecule has 130 valence electrons. The maximum atomic E-state index is 12.5. The molecule has 0 atom stereocenters. The van der Waals surface area contributed by atoms with Gasteiger partial charge in [0.2, 0.25) is 0 Å². The van der Waals surface area contributed by atoms with Gasteiger partial charge in [-0.2, -0.15) is 13.9 Å². The summed E-state index contributed by atoms with van der Waals surface area (Å²) in [5, 5.41) is 7.87. The third kappa shape index (κ3) is 4.55. The summed E-state index contributed by atoms with van der Waals surface area (Å²) in [4.78, 5) is 1.73. The molecule has 1 heterocycles. The minimum atomic E-state index is -2.91. The van der Waals surface area contributed by atoms with Gasteiger partial charge in [-0.3, -0.25) is 4.68 Å². The Hall–Kier alpha value is -1.93. The molecule has 1 aromatic carbocycles. The Morgan fingerprint density at radius 1 is 1.50 bits per heavy atom. The average molecular weight is 375 g/mol. The van der Waals surface area contributed by atoms with Crippen molar-refractivity contribution in [2.24, 2.45) is 7.05 Å². The molecule has 0 aliphatic heterocycles. The molecule has 0 aliphatic carbocycles. The maximum absolute atomic E-state index is 12.5. The molecule has 0 amide bonds. The van der Waals surface area contributed by atoms with Gasteiger partial charge in [-0.15, -0.1) is 0 Å². The zero-order chi connectivity index (χ0) is 17.9. The number of benzene rings is 1. The van der Waals surface area contributed by atoms with Crippen LogP contribution in [0.2, 0.25) is 5.02 Å². The first-order valence-corrected chi connectivity index (χ1v) is 7.80. The summed E-state index contributed by atoms with van der Waals surface area (Å²) in [6, 6.07) is 4.85. The molecule has 0 unspecified atom stereocenters. The van der Waals surface area contributed by atoms with Crippen molar-refractivity contribution >= 4 is 34.6 Å². The molecule has 0 spiro atoms. The van der Waals surface area contributed by atoms with E-state index < -0.39 is 6.61 Å². The molecule has 0 saturated heterocycles. The fourth-order valence-corrected chi connectivity index (χ4v) is 2.46. The van der Waals surface area contributed by atoms with Gasteiger partial charge in [-0.05, 0) is 36.8 Å². The van der Waals surface area contributed by atoms with Crippen molar-refractivity contribution in [3.05, 3.63) is 40.7 Å². The number of nitrogens with one attached hydrogen (secondary N) is 1. The molecule has 0 saturated carbocycles. The summed E-state index contributed by atoms with van der Waals surface area (Å²) < 4.78 is 31.2. The lowest BCUT2D eigenvalue weighted by molar-refractivity contribution is -0.0493. The normalized spacial score (nSPS) is 10.8. The van der Waals surface area contributed by atoms with Gasteiger partial charge in [0, 0.05) is 14.1 Å². The monoisotopic (exact) mass is 374 g/mol. The van der Waals surface area contributed by atoms with Crippen molar-refractivity contribution in [2.45, 2.75) is 20.1 Å². The van der Waals surface area contributed by atoms with E-state index in [1.54, 1.807) is 42.0 Å². The average Bonchev–Trinajstić information content (AvgIpc) is 2.81. The van der Waals surface area contributed by atoms with E-state index in [2.05, 4.69) is 15.2 Å². The fraction of sp³-hybridized carbons (Fsp3) is 0.333. The number of thiocarbonyl (C=S) groups is 1. The second kappa shape index (κ2) is 7.76. The second-order valence-corrected chi connectivity index (χ2v) is 6.02. The van der Waals surface area contributed by atoms with Crippen LogP contribution in [0.1, 0.15) is 11.3 Å². The van der Waals surface area contributed by atoms with Crippen molar-refractivity contribution in [3.8, 4) is 5.75 Å². The van der Waals surface area contributed by atoms with Crippen molar-refractivity contribution in [1.82, 2.24) is 14.7 Å². The van der Waals surface area contributed by atoms with Crippen LogP contribution >= 0.6 is 23.8 Å². The zero-order valence-corrected chi connectivity index (χ0v) is 15.0. The molecule has 1 N–H and O–H groups in total. The van der Waals surface area contributed by atoms with Crippen molar-refractivity contribution in [3.63, 3.8) is 0 Å². The van der Waals surface area contributed by atoms with Crippen LogP contribution < -0.4 is 10.1 Å². The molecule has 0 aliphatic rings. The molecule has 0 bridgehead atoms. The molecular weight excluding hydrogens is 358 g/mol. The number of aryl methyl sites for hydroxylation is 2. The Kier molecular flexibility index (Phi) is 5.95. The standard InChI is InChI=1S/C15H17ClF2N4OS/c1-9-4-5-13(23-14(17)18)11(6-9)20-15(24)21(2)8-12-10(16)7-19-22(12)3/h4-7,14H,8H2,1-3H3,(H,20,24). The van der Waals surface area contributed by atoms with E-state index in [-0.39, 0.29) is 5.75 Å². The Balaban J connectivity index is 2.12. The molecular formula is C15H17ClF2N4OS. The highest BCUT2D eigenvalue weighted by Gasteiger charge is 2.15. The molecule has 24 heavy (non-hydrogen) atoms. The maximum Gasteiger partial charge on any atom is 0.387 e. The summed E-state index contributed by atoms with van der Waals surface area (Å²) in [7, 11) is 3.54. The van der Waals surface area contributed by atoms with Gasteiger partial charge in [0.15, 0.2) is 5.11 Å². The summed E-state index contributed by atoms with van der Waals surface area (Å²) in [6.45, 7) is -0.648. The smallest absolute Gasteiger partial charge is 0.387 e. The summed E-state index contributed by atoms with van der Waals surface area (Å²) in [5.74, 6) is 0.0323. The molecule has 0 fully saturated rings. The van der Waals surface area contributed by atoms with Crippen molar-refractivity contribution in [1.29, 1.82) is 0 Å². The number of nitrogens with zero attached hydrogens (tertiary/aromatic N) is 3. The van der Waals surface area contributed by atoms with Crippen molar-refractivity contribution < 1.29 is 13.5 Å². The molecule has 2 rings (SSSR count). The van der Waals surface area contributed by atoms with Crippen LogP contribution in [-0.4, -0.2) is 33.5 Å². The van der Waals surface area contributed by atoms with E-state index in [1.807, 2.05) is 6.92 Å². The Labute approximate surface area is 149 Å². The highest BCUT2D eigenvalue weighted by atomic mass is 35.5. The van der Waals surface area contributed by atoms with Gasteiger partial charge >= 0.3 is 6.61 Å². The summed E-state index contributed by atoms with van der Waals surface area (Å²) in [5.41, 5.74) is 2.05. The van der Waals surface area contributed by atoms with E-state index >= 15 is 0 Å². The Morgan fingerprint density at radius 3 is 2.79 bits per heavy atom. The van der Waals surface area contributed by atoms with E-state index in [4.69, 9.17) is 23.8 Å². The first-order valence-electron chi connectivity index (χ1n) is 7.02. The van der Waals surface area contributed by atoms with Gasteiger partial charge in [0.25, 0.3) is 0 Å². The SMILES string of the molecule is Cc1ccc(OC(F)F)c(NC(=S)N(C)Cc2c(Cl)cnn2C)c1. The minimum absolute atomic E-state index is 0.0323. The summed E-state index contributed by atoms with van der Waals surface area (Å²) in [6.07, 6.45) is 1.55. The van der Waals surface area contributed by atoms with Gasteiger partial charge in [0.1, 0.15) is 5.75 Å². The van der Waals surface area contributed by atoms with Gasteiger partial charge in [-0.1, -0.05) is 17.7 Å². The third-order valence-corrected chi connectivity index (χ3v) is 4.07. The Morgan fingerprint density at radius 2 is 2.21 bits per heavy atom. The largest absolute Gasteiger partial charge is 0.433 e. The van der Waals surface area contributed by atoms with E-state index in [0.717, 1.165) is 11.3 Å². The topological polar surface area (TPSA) is 42.3 Å². The molecule has 2 aromatic rings. The molecule has 9 heteroatoms. The molecule has 5 nitrogen and oxygen atoms in total. The highest BCUT2D eigenvalue weighted by Crippen LogP contribution is 2.27. The van der Waals surface area contributed by atoms with Crippen LogP contribution in [0.25, 0.3) is 0 Å². The lowest BCUT2D eigenvalue weighted by Gasteiger charge is -2.22. The van der Waals surface area contributed by atoms with Crippen molar-refractivity contribution in [2.75, 3.05) is 12.4 Å². The Bertz CT molecular complexity index is 719. The quantitative estimate of drug-likeness (QED) is 0.806. The first-order chi connectivity index (χ1) is 11.3. The zero-order valence-electron chi connectivity index (χ0n) is 13.4. The van der Waals surface area contributed by atoms with Crippen LogP contribution in [0.3, 0.4) is 0 Å². The van der Waals surface area contributed by atoms with E-state index in [0.29, 0.717) is 22.4 Å². The first kappa shape index (κ1) is 18.4. The van der Waals surface area contributed by atoms with Crippen LogP contribution in [-0.2, 0) is 13.6 Å². The lowest BCUT2D eigenvalue weighted by atomic mass is 10.2. The fourth-order valence-electron chi connectivity index (χ4n) is 2.06. The second-order valence-electron chi connectivity index (χ2n) is 5.23. The molecule has 1 aromatic heterocycles. The van der Waals surface area contributed by atoms with Crippen LogP contribution in [0, 0.1) is 6.92 Å². The van der Waals surface area contributed by atoms with Gasteiger partial charge in [-0.25, -0.2) is 0 Å². The number of alkyl halides is 2. The van der Waals surface area contributed by atoms with Crippen LogP contribution in [0.4, 0.5) is 14.5 Å². The number of aromatic nitrogens is 2. The highest BCUT2D eigenvalue weighted by molar-refractivity contribution is 7.80. The number of anilines is 1. The third-order valence-electron chi connectivity index (χ3n) is 3.34. The lowest BCUT2D eigenvalue weighted by Crippen LogP contribution is -2.31.